The topological polar surface area (TPSA) is 73.0 Å². The van der Waals surface area contributed by atoms with E-state index in [1.54, 1.807) is 22.9 Å². The second-order valence-electron chi connectivity index (χ2n) is 7.44. The van der Waals surface area contributed by atoms with Crippen LogP contribution in [0.2, 0.25) is 0 Å². The lowest BCUT2D eigenvalue weighted by molar-refractivity contribution is -0.122. The van der Waals surface area contributed by atoms with Crippen molar-refractivity contribution in [2.75, 3.05) is 0 Å². The highest BCUT2D eigenvalue weighted by Gasteiger charge is 2.16. The number of carbonyl (C=O) groups excluding carboxylic acids is 1. The molecule has 31 heavy (non-hydrogen) atoms. The van der Waals surface area contributed by atoms with Crippen molar-refractivity contribution in [1.82, 2.24) is 20.0 Å². The van der Waals surface area contributed by atoms with E-state index >= 15 is 0 Å². The molecule has 1 unspecified atom stereocenters. The number of halogens is 1. The van der Waals surface area contributed by atoms with E-state index in [1.807, 2.05) is 37.3 Å². The van der Waals surface area contributed by atoms with Crippen LogP contribution >= 0.6 is 0 Å². The smallest absolute Gasteiger partial charge is 0.274 e. The van der Waals surface area contributed by atoms with Gasteiger partial charge < -0.3 is 14.4 Å². The maximum atomic E-state index is 13.1. The standard InChI is InChI=1S/C24H23FN4O2/c1-17(9-10-18-6-3-2-4-7-18)26-22(30)16-29-15-5-8-21(29)24-27-23(28-31-24)19-11-13-20(25)14-12-19/h2-8,11-15,17H,9-10,16H2,1H3,(H,26,30). The Morgan fingerprint density at radius 1 is 1.10 bits per heavy atom. The van der Waals surface area contributed by atoms with E-state index < -0.39 is 0 Å². The Kier molecular flexibility index (Phi) is 6.21. The lowest BCUT2D eigenvalue weighted by Gasteiger charge is -2.15. The molecule has 0 aliphatic carbocycles. The van der Waals surface area contributed by atoms with Crippen LogP contribution < -0.4 is 5.32 Å². The van der Waals surface area contributed by atoms with Gasteiger partial charge in [0.05, 0.1) is 0 Å². The minimum Gasteiger partial charge on any atom is -0.352 e. The van der Waals surface area contributed by atoms with Gasteiger partial charge in [-0.3, -0.25) is 4.79 Å². The summed E-state index contributed by atoms with van der Waals surface area (Å²) in [7, 11) is 0. The molecular formula is C24H23FN4O2. The number of nitrogens with one attached hydrogen (secondary N) is 1. The molecule has 0 saturated carbocycles. The first-order valence-corrected chi connectivity index (χ1v) is 10.2. The molecule has 1 N–H and O–H groups in total. The summed E-state index contributed by atoms with van der Waals surface area (Å²) in [5, 5.41) is 7.01. The first-order chi connectivity index (χ1) is 15.1. The first kappa shape index (κ1) is 20.5. The predicted molar refractivity (Wildman–Crippen MR) is 115 cm³/mol. The largest absolute Gasteiger partial charge is 0.352 e. The fraction of sp³-hybridized carbons (Fsp3) is 0.208. The Labute approximate surface area is 179 Å². The Morgan fingerprint density at radius 3 is 2.65 bits per heavy atom. The second kappa shape index (κ2) is 9.38. The monoisotopic (exact) mass is 418 g/mol. The molecule has 2 aromatic heterocycles. The molecule has 6 nitrogen and oxygen atoms in total. The van der Waals surface area contributed by atoms with E-state index in [9.17, 15) is 9.18 Å². The Morgan fingerprint density at radius 2 is 1.87 bits per heavy atom. The fourth-order valence-corrected chi connectivity index (χ4v) is 3.37. The normalized spacial score (nSPS) is 11.9. The van der Waals surface area contributed by atoms with Crippen LogP contribution in [-0.2, 0) is 17.8 Å². The zero-order chi connectivity index (χ0) is 21.6. The summed E-state index contributed by atoms with van der Waals surface area (Å²) in [5.41, 5.74) is 2.55. The van der Waals surface area contributed by atoms with Crippen molar-refractivity contribution < 1.29 is 13.7 Å². The van der Waals surface area contributed by atoms with Gasteiger partial charge in [-0.25, -0.2) is 4.39 Å². The minimum atomic E-state index is -0.328. The zero-order valence-corrected chi connectivity index (χ0v) is 17.2. The van der Waals surface area contributed by atoms with Crippen LogP contribution in [0.5, 0.6) is 0 Å². The lowest BCUT2D eigenvalue weighted by atomic mass is 10.1. The molecule has 4 aromatic rings. The fourth-order valence-electron chi connectivity index (χ4n) is 3.37. The molecule has 0 aliphatic rings. The van der Waals surface area contributed by atoms with Crippen molar-refractivity contribution in [3.05, 3.63) is 84.3 Å². The molecule has 0 aliphatic heterocycles. The van der Waals surface area contributed by atoms with Crippen molar-refractivity contribution in [3.8, 4) is 23.0 Å². The highest BCUT2D eigenvalue weighted by Crippen LogP contribution is 2.23. The summed E-state index contributed by atoms with van der Waals surface area (Å²) < 4.78 is 20.3. The van der Waals surface area contributed by atoms with Crippen molar-refractivity contribution in [1.29, 1.82) is 0 Å². The molecule has 4 rings (SSSR count). The summed E-state index contributed by atoms with van der Waals surface area (Å²) in [6.07, 6.45) is 3.56. The molecular weight excluding hydrogens is 395 g/mol. The van der Waals surface area contributed by atoms with Gasteiger partial charge in [0.2, 0.25) is 11.7 Å². The molecule has 0 radical (unpaired) electrons. The number of benzene rings is 2. The van der Waals surface area contributed by atoms with Gasteiger partial charge in [-0.15, -0.1) is 0 Å². The Bertz CT molecular complexity index is 1140. The Balaban J connectivity index is 1.37. The van der Waals surface area contributed by atoms with E-state index in [2.05, 4.69) is 27.6 Å². The average molecular weight is 418 g/mol. The van der Waals surface area contributed by atoms with Crippen LogP contribution in [0, 0.1) is 5.82 Å². The molecule has 0 saturated heterocycles. The van der Waals surface area contributed by atoms with Gasteiger partial charge in [0.15, 0.2) is 0 Å². The molecule has 2 heterocycles. The van der Waals surface area contributed by atoms with E-state index in [-0.39, 0.29) is 24.3 Å². The quantitative estimate of drug-likeness (QED) is 0.458. The summed E-state index contributed by atoms with van der Waals surface area (Å²) in [5.74, 6) is 0.248. The number of amides is 1. The number of rotatable bonds is 8. The number of hydrogen-bond acceptors (Lipinski definition) is 4. The maximum Gasteiger partial charge on any atom is 0.274 e. The Hall–Kier alpha value is -3.74. The first-order valence-electron chi connectivity index (χ1n) is 10.2. The third kappa shape index (κ3) is 5.25. The highest BCUT2D eigenvalue weighted by atomic mass is 19.1. The van der Waals surface area contributed by atoms with Crippen molar-refractivity contribution in [3.63, 3.8) is 0 Å². The summed E-state index contributed by atoms with van der Waals surface area (Å²) in [4.78, 5) is 16.9. The van der Waals surface area contributed by atoms with Crippen LogP contribution in [-0.4, -0.2) is 26.7 Å². The highest BCUT2D eigenvalue weighted by molar-refractivity contribution is 5.76. The number of hydrogen-bond donors (Lipinski definition) is 1. The van der Waals surface area contributed by atoms with Crippen molar-refractivity contribution in [2.45, 2.75) is 32.4 Å². The van der Waals surface area contributed by atoms with Gasteiger partial charge in [-0.1, -0.05) is 35.5 Å². The molecule has 0 fully saturated rings. The number of nitrogens with zero attached hydrogens (tertiary/aromatic N) is 3. The van der Waals surface area contributed by atoms with E-state index in [4.69, 9.17) is 4.52 Å². The van der Waals surface area contributed by atoms with Gasteiger partial charge in [0.1, 0.15) is 18.1 Å². The van der Waals surface area contributed by atoms with E-state index in [0.29, 0.717) is 23.0 Å². The maximum absolute atomic E-state index is 13.1. The molecule has 158 valence electrons. The van der Waals surface area contributed by atoms with Gasteiger partial charge in [0.25, 0.3) is 5.89 Å². The van der Waals surface area contributed by atoms with Crippen LogP contribution in [0.25, 0.3) is 23.0 Å². The van der Waals surface area contributed by atoms with Gasteiger partial charge >= 0.3 is 0 Å². The molecule has 1 atom stereocenters. The average Bonchev–Trinajstić information content (AvgIpc) is 3.43. The molecule has 0 spiro atoms. The minimum absolute atomic E-state index is 0.0557. The van der Waals surface area contributed by atoms with Crippen LogP contribution in [0.3, 0.4) is 0 Å². The van der Waals surface area contributed by atoms with E-state index in [1.165, 1.54) is 17.7 Å². The lowest BCUT2D eigenvalue weighted by Crippen LogP contribution is -2.35. The molecule has 7 heteroatoms. The number of aryl methyl sites for hydroxylation is 1. The van der Waals surface area contributed by atoms with Crippen LogP contribution in [0.4, 0.5) is 4.39 Å². The van der Waals surface area contributed by atoms with Crippen LogP contribution in [0.1, 0.15) is 18.9 Å². The summed E-state index contributed by atoms with van der Waals surface area (Å²) in [6.45, 7) is 2.15. The van der Waals surface area contributed by atoms with Crippen LogP contribution in [0.15, 0.2) is 77.4 Å². The van der Waals surface area contributed by atoms with E-state index in [0.717, 1.165) is 12.8 Å². The van der Waals surface area contributed by atoms with Gasteiger partial charge in [0, 0.05) is 17.8 Å². The third-order valence-electron chi connectivity index (χ3n) is 5.01. The SMILES string of the molecule is CC(CCc1ccccc1)NC(=O)Cn1cccc1-c1nc(-c2ccc(F)cc2)no1. The van der Waals surface area contributed by atoms with Crippen molar-refractivity contribution >= 4 is 5.91 Å². The summed E-state index contributed by atoms with van der Waals surface area (Å²) >= 11 is 0. The third-order valence-corrected chi connectivity index (χ3v) is 5.01. The second-order valence-corrected chi connectivity index (χ2v) is 7.44. The summed E-state index contributed by atoms with van der Waals surface area (Å²) in [6, 6.07) is 19.8. The number of aromatic nitrogens is 3. The zero-order valence-electron chi connectivity index (χ0n) is 17.2. The molecule has 1 amide bonds. The molecule has 0 bridgehead atoms. The number of carbonyl (C=O) groups is 1. The molecule has 2 aromatic carbocycles. The van der Waals surface area contributed by atoms with Gasteiger partial charge in [-0.2, -0.15) is 4.98 Å². The van der Waals surface area contributed by atoms with Gasteiger partial charge in [-0.05, 0) is 61.7 Å². The predicted octanol–water partition coefficient (Wildman–Crippen LogP) is 4.48. The van der Waals surface area contributed by atoms with Crippen molar-refractivity contribution in [2.24, 2.45) is 0 Å².